The molecule has 5 heteroatoms. The molecular formula is C13H15IN4. The van der Waals surface area contributed by atoms with Crippen LogP contribution in [0.5, 0.6) is 0 Å². The average Bonchev–Trinajstić information content (AvgIpc) is 2.40. The molecule has 0 radical (unpaired) electrons. The summed E-state index contributed by atoms with van der Waals surface area (Å²) in [5.41, 5.74) is 1.05. The minimum atomic E-state index is 0.660. The Morgan fingerprint density at radius 1 is 1.22 bits per heavy atom. The third kappa shape index (κ3) is 3.56. The molecule has 4 nitrogen and oxygen atoms in total. The zero-order chi connectivity index (χ0) is 12.8. The van der Waals surface area contributed by atoms with Gasteiger partial charge in [-0.25, -0.2) is 4.98 Å². The van der Waals surface area contributed by atoms with E-state index in [0.717, 1.165) is 28.0 Å². The lowest BCUT2D eigenvalue weighted by Crippen LogP contribution is -2.05. The van der Waals surface area contributed by atoms with E-state index in [1.807, 2.05) is 24.3 Å². The number of rotatable bonds is 5. The van der Waals surface area contributed by atoms with Gasteiger partial charge in [0.25, 0.3) is 0 Å². The SMILES string of the molecule is CCCNc1nccc(Nc2ccccc2I)n1. The fraction of sp³-hybridized carbons (Fsp3) is 0.231. The molecule has 0 atom stereocenters. The van der Waals surface area contributed by atoms with Crippen molar-refractivity contribution in [1.29, 1.82) is 0 Å². The highest BCUT2D eigenvalue weighted by molar-refractivity contribution is 14.1. The summed E-state index contributed by atoms with van der Waals surface area (Å²) in [6, 6.07) is 9.96. The molecule has 0 fully saturated rings. The van der Waals surface area contributed by atoms with Gasteiger partial charge in [-0.15, -0.1) is 0 Å². The summed E-state index contributed by atoms with van der Waals surface area (Å²) in [7, 11) is 0. The van der Waals surface area contributed by atoms with Crippen molar-refractivity contribution >= 4 is 40.0 Å². The Morgan fingerprint density at radius 2 is 2.06 bits per heavy atom. The summed E-state index contributed by atoms with van der Waals surface area (Å²) in [6.07, 6.45) is 2.81. The van der Waals surface area contributed by atoms with Crippen LogP contribution in [0.1, 0.15) is 13.3 Å². The molecule has 0 unspecified atom stereocenters. The largest absolute Gasteiger partial charge is 0.354 e. The highest BCUT2D eigenvalue weighted by Crippen LogP contribution is 2.21. The second-order valence-corrected chi connectivity index (χ2v) is 4.96. The van der Waals surface area contributed by atoms with E-state index in [1.165, 1.54) is 0 Å². The Kier molecular flexibility index (Phi) is 4.74. The molecule has 1 aromatic carbocycles. The standard InChI is InChI=1S/C13H15IN4/c1-2-8-15-13-16-9-7-12(18-13)17-11-6-4-3-5-10(11)14/h3-7,9H,2,8H2,1H3,(H2,15,16,17,18). The Balaban J connectivity index is 2.12. The summed E-state index contributed by atoms with van der Waals surface area (Å²) < 4.78 is 1.16. The fourth-order valence-electron chi connectivity index (χ4n) is 1.45. The highest BCUT2D eigenvalue weighted by Gasteiger charge is 2.01. The van der Waals surface area contributed by atoms with Crippen LogP contribution >= 0.6 is 22.6 Å². The maximum absolute atomic E-state index is 4.41. The number of nitrogens with one attached hydrogen (secondary N) is 2. The van der Waals surface area contributed by atoms with E-state index in [9.17, 15) is 0 Å². The van der Waals surface area contributed by atoms with Crippen molar-refractivity contribution in [2.75, 3.05) is 17.2 Å². The monoisotopic (exact) mass is 354 g/mol. The van der Waals surface area contributed by atoms with Gasteiger partial charge in [-0.1, -0.05) is 19.1 Å². The number of hydrogen-bond acceptors (Lipinski definition) is 4. The highest BCUT2D eigenvalue weighted by atomic mass is 127. The molecule has 0 amide bonds. The number of anilines is 3. The van der Waals surface area contributed by atoms with Crippen molar-refractivity contribution < 1.29 is 0 Å². The lowest BCUT2D eigenvalue weighted by atomic mass is 10.3. The van der Waals surface area contributed by atoms with Crippen molar-refractivity contribution in [3.8, 4) is 0 Å². The zero-order valence-electron chi connectivity index (χ0n) is 10.2. The van der Waals surface area contributed by atoms with Crippen LogP contribution in [-0.2, 0) is 0 Å². The van der Waals surface area contributed by atoms with Gasteiger partial charge in [-0.2, -0.15) is 4.98 Å². The summed E-state index contributed by atoms with van der Waals surface area (Å²) in [5, 5.41) is 6.46. The van der Waals surface area contributed by atoms with Gasteiger partial charge in [0.15, 0.2) is 0 Å². The van der Waals surface area contributed by atoms with E-state index >= 15 is 0 Å². The van der Waals surface area contributed by atoms with Gasteiger partial charge in [0.1, 0.15) is 5.82 Å². The maximum atomic E-state index is 4.41. The smallest absolute Gasteiger partial charge is 0.224 e. The molecule has 0 saturated carbocycles. The lowest BCUT2D eigenvalue weighted by Gasteiger charge is -2.09. The first-order chi connectivity index (χ1) is 8.79. The van der Waals surface area contributed by atoms with Gasteiger partial charge in [-0.3, -0.25) is 0 Å². The molecule has 0 aliphatic carbocycles. The van der Waals surface area contributed by atoms with E-state index in [-0.39, 0.29) is 0 Å². The predicted octanol–water partition coefficient (Wildman–Crippen LogP) is 3.65. The third-order valence-corrected chi connectivity index (χ3v) is 3.27. The summed E-state index contributed by atoms with van der Waals surface area (Å²) in [6.45, 7) is 2.99. The van der Waals surface area contributed by atoms with Crippen molar-refractivity contribution in [2.45, 2.75) is 13.3 Å². The molecule has 0 saturated heterocycles. The van der Waals surface area contributed by atoms with Gasteiger partial charge in [0.2, 0.25) is 5.95 Å². The Labute approximate surface area is 120 Å². The Hall–Kier alpha value is -1.37. The van der Waals surface area contributed by atoms with Gasteiger partial charge in [0, 0.05) is 16.3 Å². The second kappa shape index (κ2) is 6.53. The van der Waals surface area contributed by atoms with Crippen LogP contribution in [0.4, 0.5) is 17.5 Å². The van der Waals surface area contributed by atoms with Crippen LogP contribution in [-0.4, -0.2) is 16.5 Å². The van der Waals surface area contributed by atoms with Crippen molar-refractivity contribution in [3.63, 3.8) is 0 Å². The molecular weight excluding hydrogens is 339 g/mol. The van der Waals surface area contributed by atoms with E-state index in [4.69, 9.17) is 0 Å². The van der Waals surface area contributed by atoms with Crippen LogP contribution in [0.3, 0.4) is 0 Å². The van der Waals surface area contributed by atoms with Gasteiger partial charge in [0.05, 0.1) is 5.69 Å². The minimum Gasteiger partial charge on any atom is -0.354 e. The van der Waals surface area contributed by atoms with Crippen LogP contribution in [0.25, 0.3) is 0 Å². The quantitative estimate of drug-likeness (QED) is 0.805. The molecule has 0 aliphatic heterocycles. The Bertz CT molecular complexity index is 516. The first-order valence-corrected chi connectivity index (χ1v) is 6.96. The number of hydrogen-bond donors (Lipinski definition) is 2. The number of para-hydroxylation sites is 1. The molecule has 94 valence electrons. The third-order valence-electron chi connectivity index (χ3n) is 2.33. The zero-order valence-corrected chi connectivity index (χ0v) is 12.3. The molecule has 0 bridgehead atoms. The van der Waals surface area contributed by atoms with E-state index in [1.54, 1.807) is 6.20 Å². The fourth-order valence-corrected chi connectivity index (χ4v) is 1.97. The molecule has 2 N–H and O–H groups in total. The normalized spacial score (nSPS) is 10.1. The van der Waals surface area contributed by atoms with Crippen LogP contribution < -0.4 is 10.6 Å². The van der Waals surface area contributed by atoms with Gasteiger partial charge < -0.3 is 10.6 Å². The van der Waals surface area contributed by atoms with Crippen LogP contribution in [0.15, 0.2) is 36.5 Å². The molecule has 1 aromatic heterocycles. The maximum Gasteiger partial charge on any atom is 0.224 e. The summed E-state index contributed by atoms with van der Waals surface area (Å²) in [5.74, 6) is 1.46. The number of aromatic nitrogens is 2. The van der Waals surface area contributed by atoms with Crippen LogP contribution in [0, 0.1) is 3.57 Å². The average molecular weight is 354 g/mol. The predicted molar refractivity (Wildman–Crippen MR) is 83.3 cm³/mol. The topological polar surface area (TPSA) is 49.8 Å². The Morgan fingerprint density at radius 3 is 2.83 bits per heavy atom. The number of halogens is 1. The van der Waals surface area contributed by atoms with Gasteiger partial charge >= 0.3 is 0 Å². The molecule has 18 heavy (non-hydrogen) atoms. The number of nitrogens with zero attached hydrogens (tertiary/aromatic N) is 2. The first kappa shape index (κ1) is 13.1. The molecule has 0 spiro atoms. The van der Waals surface area contributed by atoms with E-state index < -0.39 is 0 Å². The summed E-state index contributed by atoms with van der Waals surface area (Å²) >= 11 is 2.30. The first-order valence-electron chi connectivity index (χ1n) is 5.88. The second-order valence-electron chi connectivity index (χ2n) is 3.80. The summed E-state index contributed by atoms with van der Waals surface area (Å²) in [4.78, 5) is 8.59. The van der Waals surface area contributed by atoms with Crippen molar-refractivity contribution in [1.82, 2.24) is 9.97 Å². The van der Waals surface area contributed by atoms with Gasteiger partial charge in [-0.05, 0) is 47.2 Å². The molecule has 2 rings (SSSR count). The lowest BCUT2D eigenvalue weighted by molar-refractivity contribution is 0.953. The van der Waals surface area contributed by atoms with Crippen molar-refractivity contribution in [2.24, 2.45) is 0 Å². The molecule has 2 aromatic rings. The molecule has 0 aliphatic rings. The number of benzene rings is 1. The van der Waals surface area contributed by atoms with E-state index in [2.05, 4.69) is 56.2 Å². The van der Waals surface area contributed by atoms with E-state index in [0.29, 0.717) is 5.95 Å². The van der Waals surface area contributed by atoms with Crippen molar-refractivity contribution in [3.05, 3.63) is 40.1 Å². The minimum absolute atomic E-state index is 0.660. The molecule has 1 heterocycles. The van der Waals surface area contributed by atoms with Crippen LogP contribution in [0.2, 0.25) is 0 Å².